The smallest absolute Gasteiger partial charge is 0.0124 e. The average molecular weight is 237 g/mol. The highest BCUT2D eigenvalue weighted by molar-refractivity contribution is 4.92. The van der Waals surface area contributed by atoms with Gasteiger partial charge < -0.3 is 5.32 Å². The zero-order valence-electron chi connectivity index (χ0n) is 12.0. The van der Waals surface area contributed by atoms with Crippen LogP contribution in [0.15, 0.2) is 0 Å². The highest BCUT2D eigenvalue weighted by Crippen LogP contribution is 2.42. The standard InChI is InChI=1S/C16H31N/c1-4-11-17-16(15-9-10-15)14-7-5-13(6-8-14)12(2)3/h12-17H,4-11H2,1-3H3. The Morgan fingerprint density at radius 1 is 0.882 bits per heavy atom. The van der Waals surface area contributed by atoms with E-state index in [-0.39, 0.29) is 0 Å². The van der Waals surface area contributed by atoms with Crippen LogP contribution in [0.5, 0.6) is 0 Å². The van der Waals surface area contributed by atoms with Gasteiger partial charge in [-0.05, 0) is 75.2 Å². The summed E-state index contributed by atoms with van der Waals surface area (Å²) in [4.78, 5) is 0. The third kappa shape index (κ3) is 3.71. The van der Waals surface area contributed by atoms with Gasteiger partial charge in [0, 0.05) is 6.04 Å². The van der Waals surface area contributed by atoms with Crippen molar-refractivity contribution in [1.82, 2.24) is 5.32 Å². The molecule has 2 saturated carbocycles. The van der Waals surface area contributed by atoms with E-state index in [1.165, 1.54) is 51.5 Å². The van der Waals surface area contributed by atoms with Gasteiger partial charge in [-0.25, -0.2) is 0 Å². The van der Waals surface area contributed by atoms with Gasteiger partial charge in [-0.1, -0.05) is 20.8 Å². The molecule has 0 heterocycles. The molecule has 1 heteroatoms. The largest absolute Gasteiger partial charge is 0.313 e. The molecule has 2 fully saturated rings. The lowest BCUT2D eigenvalue weighted by Crippen LogP contribution is -2.40. The summed E-state index contributed by atoms with van der Waals surface area (Å²) in [7, 11) is 0. The fraction of sp³-hybridized carbons (Fsp3) is 1.00. The Morgan fingerprint density at radius 2 is 1.35 bits per heavy atom. The SMILES string of the molecule is CCCNC(C1CCC(C(C)C)CC1)C1CC1. The van der Waals surface area contributed by atoms with Crippen LogP contribution in [-0.2, 0) is 0 Å². The lowest BCUT2D eigenvalue weighted by atomic mass is 9.73. The van der Waals surface area contributed by atoms with Crippen molar-refractivity contribution in [3.05, 3.63) is 0 Å². The molecule has 2 aliphatic carbocycles. The first-order valence-corrected chi connectivity index (χ1v) is 7.95. The first kappa shape index (κ1) is 13.4. The second-order valence-electron chi connectivity index (χ2n) is 6.74. The van der Waals surface area contributed by atoms with E-state index in [1.54, 1.807) is 0 Å². The van der Waals surface area contributed by atoms with Crippen LogP contribution in [0.1, 0.15) is 65.7 Å². The molecule has 17 heavy (non-hydrogen) atoms. The Bertz CT molecular complexity index is 212. The molecule has 0 spiro atoms. The number of rotatable bonds is 6. The summed E-state index contributed by atoms with van der Waals surface area (Å²) in [5.74, 6) is 3.93. The van der Waals surface area contributed by atoms with Gasteiger partial charge in [-0.3, -0.25) is 0 Å². The van der Waals surface area contributed by atoms with Gasteiger partial charge in [-0.15, -0.1) is 0 Å². The lowest BCUT2D eigenvalue weighted by molar-refractivity contribution is 0.178. The summed E-state index contributed by atoms with van der Waals surface area (Å²) in [5, 5.41) is 3.85. The lowest BCUT2D eigenvalue weighted by Gasteiger charge is -2.36. The third-order valence-corrected chi connectivity index (χ3v) is 5.03. The number of hydrogen-bond acceptors (Lipinski definition) is 1. The molecule has 0 radical (unpaired) electrons. The Balaban J connectivity index is 1.80. The van der Waals surface area contributed by atoms with Crippen molar-refractivity contribution >= 4 is 0 Å². The first-order valence-electron chi connectivity index (χ1n) is 7.95. The topological polar surface area (TPSA) is 12.0 Å². The molecule has 0 aromatic rings. The molecule has 0 amide bonds. The summed E-state index contributed by atoms with van der Waals surface area (Å²) in [6.45, 7) is 8.31. The van der Waals surface area contributed by atoms with E-state index in [2.05, 4.69) is 26.1 Å². The molecular weight excluding hydrogens is 206 g/mol. The average Bonchev–Trinajstić information content (AvgIpc) is 3.14. The van der Waals surface area contributed by atoms with Crippen molar-refractivity contribution in [2.45, 2.75) is 71.8 Å². The minimum atomic E-state index is 0.864. The van der Waals surface area contributed by atoms with Crippen molar-refractivity contribution in [2.24, 2.45) is 23.7 Å². The van der Waals surface area contributed by atoms with Gasteiger partial charge in [-0.2, -0.15) is 0 Å². The molecule has 1 unspecified atom stereocenters. The molecule has 0 saturated heterocycles. The summed E-state index contributed by atoms with van der Waals surface area (Å²) in [6.07, 6.45) is 10.2. The predicted molar refractivity (Wildman–Crippen MR) is 75.1 cm³/mol. The predicted octanol–water partition coefficient (Wildman–Crippen LogP) is 4.23. The van der Waals surface area contributed by atoms with Gasteiger partial charge in [0.2, 0.25) is 0 Å². The van der Waals surface area contributed by atoms with E-state index in [4.69, 9.17) is 0 Å². The van der Waals surface area contributed by atoms with Crippen molar-refractivity contribution < 1.29 is 0 Å². The van der Waals surface area contributed by atoms with Crippen LogP contribution in [0, 0.1) is 23.7 Å². The molecule has 0 aromatic heterocycles. The zero-order valence-corrected chi connectivity index (χ0v) is 12.0. The van der Waals surface area contributed by atoms with Gasteiger partial charge in [0.25, 0.3) is 0 Å². The van der Waals surface area contributed by atoms with Crippen molar-refractivity contribution in [3.8, 4) is 0 Å². The van der Waals surface area contributed by atoms with Crippen molar-refractivity contribution in [1.29, 1.82) is 0 Å². The normalized spacial score (nSPS) is 31.8. The van der Waals surface area contributed by atoms with Crippen molar-refractivity contribution in [2.75, 3.05) is 6.54 Å². The van der Waals surface area contributed by atoms with Gasteiger partial charge in [0.1, 0.15) is 0 Å². The summed E-state index contributed by atoms with van der Waals surface area (Å²) >= 11 is 0. The Kier molecular flexibility index (Phi) is 4.90. The van der Waals surface area contributed by atoms with Crippen LogP contribution >= 0.6 is 0 Å². The number of hydrogen-bond donors (Lipinski definition) is 1. The summed E-state index contributed by atoms with van der Waals surface area (Å²) in [6, 6.07) is 0.864. The molecule has 0 bridgehead atoms. The molecule has 0 aromatic carbocycles. The van der Waals surface area contributed by atoms with Crippen LogP contribution in [0.4, 0.5) is 0 Å². The molecule has 2 aliphatic rings. The quantitative estimate of drug-likeness (QED) is 0.729. The minimum absolute atomic E-state index is 0.864. The highest BCUT2D eigenvalue weighted by Gasteiger charge is 2.37. The van der Waals surface area contributed by atoms with Crippen LogP contribution in [0.25, 0.3) is 0 Å². The summed E-state index contributed by atoms with van der Waals surface area (Å²) in [5.41, 5.74) is 0. The number of nitrogens with one attached hydrogen (secondary N) is 1. The van der Waals surface area contributed by atoms with E-state index in [0.29, 0.717) is 0 Å². The second kappa shape index (κ2) is 6.22. The zero-order chi connectivity index (χ0) is 12.3. The van der Waals surface area contributed by atoms with E-state index in [9.17, 15) is 0 Å². The molecule has 100 valence electrons. The van der Waals surface area contributed by atoms with Crippen molar-refractivity contribution in [3.63, 3.8) is 0 Å². The van der Waals surface area contributed by atoms with E-state index < -0.39 is 0 Å². The Labute approximate surface area is 108 Å². The molecule has 1 N–H and O–H groups in total. The van der Waals surface area contributed by atoms with Crippen LogP contribution < -0.4 is 5.32 Å². The van der Waals surface area contributed by atoms with E-state index >= 15 is 0 Å². The van der Waals surface area contributed by atoms with Gasteiger partial charge >= 0.3 is 0 Å². The van der Waals surface area contributed by atoms with Gasteiger partial charge in [0.05, 0.1) is 0 Å². The Morgan fingerprint density at radius 3 is 1.76 bits per heavy atom. The molecule has 1 nitrogen and oxygen atoms in total. The molecule has 0 aliphatic heterocycles. The molecule has 1 atom stereocenters. The van der Waals surface area contributed by atoms with Crippen LogP contribution in [0.3, 0.4) is 0 Å². The third-order valence-electron chi connectivity index (χ3n) is 5.03. The summed E-state index contributed by atoms with van der Waals surface area (Å²) < 4.78 is 0. The van der Waals surface area contributed by atoms with Gasteiger partial charge in [0.15, 0.2) is 0 Å². The Hall–Kier alpha value is -0.0400. The molecule has 2 rings (SSSR count). The van der Waals surface area contributed by atoms with E-state index in [0.717, 1.165) is 29.7 Å². The highest BCUT2D eigenvalue weighted by atomic mass is 14.9. The fourth-order valence-corrected chi connectivity index (χ4v) is 3.66. The van der Waals surface area contributed by atoms with E-state index in [1.807, 2.05) is 0 Å². The maximum Gasteiger partial charge on any atom is 0.0124 e. The van der Waals surface area contributed by atoms with Crippen LogP contribution in [-0.4, -0.2) is 12.6 Å². The maximum atomic E-state index is 3.85. The second-order valence-corrected chi connectivity index (χ2v) is 6.74. The monoisotopic (exact) mass is 237 g/mol. The minimum Gasteiger partial charge on any atom is -0.313 e. The fourth-order valence-electron chi connectivity index (χ4n) is 3.66. The first-order chi connectivity index (χ1) is 8.22. The van der Waals surface area contributed by atoms with Crippen LogP contribution in [0.2, 0.25) is 0 Å². The molecular formula is C16H31N. The maximum absolute atomic E-state index is 3.85.